The van der Waals surface area contributed by atoms with Crippen LogP contribution in [0.5, 0.6) is 0 Å². The zero-order valence-electron chi connectivity index (χ0n) is 15.4. The molecule has 1 aromatic carbocycles. The van der Waals surface area contributed by atoms with Gasteiger partial charge in [0.05, 0.1) is 16.8 Å². The summed E-state index contributed by atoms with van der Waals surface area (Å²) >= 11 is 0.795. The maximum Gasteiger partial charge on any atom is 0.491 e. The molecule has 3 nitrogen and oxygen atoms in total. The average Bonchev–Trinajstić information content (AvgIpc) is 2.78. The van der Waals surface area contributed by atoms with Crippen molar-refractivity contribution in [2.45, 2.75) is 45.8 Å². The lowest BCUT2D eigenvalue weighted by Crippen LogP contribution is -2.41. The van der Waals surface area contributed by atoms with Gasteiger partial charge in [-0.1, -0.05) is 17.8 Å². The van der Waals surface area contributed by atoms with Crippen LogP contribution in [0.1, 0.15) is 40.2 Å². The van der Waals surface area contributed by atoms with E-state index in [2.05, 4.69) is 0 Å². The number of halogens is 5. The van der Waals surface area contributed by atoms with Gasteiger partial charge in [-0.15, -0.1) is 0 Å². The number of thioether (sulfide) groups is 1. The zero-order chi connectivity index (χ0) is 20.7. The average molecular weight is 408 g/mol. The summed E-state index contributed by atoms with van der Waals surface area (Å²) in [5, 5.41) is -0.296. The van der Waals surface area contributed by atoms with Crippen molar-refractivity contribution in [1.29, 1.82) is 0 Å². The van der Waals surface area contributed by atoms with E-state index in [0.29, 0.717) is 0 Å². The third kappa shape index (κ3) is 4.22. The standard InChI is InChI=1S/C17H18BF5O3S/c1-8(24)27-7-9(18-25-16(2,3)17(4,5)26-18)6-10-11(19)13(21)15(23)14(22)12(10)20/h6H,7H2,1-5H3. The molecule has 0 unspecified atom stereocenters. The van der Waals surface area contributed by atoms with Crippen molar-refractivity contribution in [1.82, 2.24) is 0 Å². The molecule has 0 N–H and O–H groups in total. The fraction of sp³-hybridized carbons (Fsp3) is 0.471. The monoisotopic (exact) mass is 408 g/mol. The van der Waals surface area contributed by atoms with Gasteiger partial charge in [0, 0.05) is 12.7 Å². The van der Waals surface area contributed by atoms with Crippen molar-refractivity contribution in [2.75, 3.05) is 5.75 Å². The Balaban J connectivity index is 2.55. The molecule has 27 heavy (non-hydrogen) atoms. The summed E-state index contributed by atoms with van der Waals surface area (Å²) in [5.41, 5.74) is -2.64. The molecule has 148 valence electrons. The first-order valence-electron chi connectivity index (χ1n) is 7.99. The summed E-state index contributed by atoms with van der Waals surface area (Å²) in [4.78, 5) is 11.3. The third-order valence-corrected chi connectivity index (χ3v) is 5.46. The fourth-order valence-electron chi connectivity index (χ4n) is 2.29. The molecule has 1 aliphatic rings. The van der Waals surface area contributed by atoms with Crippen LogP contribution in [0.4, 0.5) is 22.0 Å². The molecule has 2 rings (SSSR count). The van der Waals surface area contributed by atoms with E-state index in [1.165, 1.54) is 6.92 Å². The van der Waals surface area contributed by atoms with Crippen LogP contribution in [-0.2, 0) is 14.1 Å². The molecular formula is C17H18BF5O3S. The Morgan fingerprint density at radius 1 is 0.926 bits per heavy atom. The second-order valence-corrected chi connectivity index (χ2v) is 8.22. The van der Waals surface area contributed by atoms with Crippen LogP contribution >= 0.6 is 11.8 Å². The normalized spacial score (nSPS) is 18.9. The highest BCUT2D eigenvalue weighted by Gasteiger charge is 2.52. The maximum absolute atomic E-state index is 14.0. The molecule has 1 fully saturated rings. The zero-order valence-corrected chi connectivity index (χ0v) is 16.2. The maximum atomic E-state index is 14.0. The quantitative estimate of drug-likeness (QED) is 0.314. The first kappa shape index (κ1) is 21.9. The minimum Gasteiger partial charge on any atom is -0.400 e. The van der Waals surface area contributed by atoms with Crippen molar-refractivity contribution in [2.24, 2.45) is 0 Å². The predicted molar refractivity (Wildman–Crippen MR) is 93.4 cm³/mol. The molecule has 10 heteroatoms. The number of carbonyl (C=O) groups excluding carboxylic acids is 1. The van der Waals surface area contributed by atoms with Crippen LogP contribution in [-0.4, -0.2) is 29.2 Å². The lowest BCUT2D eigenvalue weighted by Gasteiger charge is -2.32. The molecule has 0 bridgehead atoms. The predicted octanol–water partition coefficient (Wildman–Crippen LogP) is 4.68. The molecular weight excluding hydrogens is 390 g/mol. The first-order chi connectivity index (χ1) is 12.3. The van der Waals surface area contributed by atoms with Crippen LogP contribution in [0, 0.1) is 29.1 Å². The van der Waals surface area contributed by atoms with E-state index in [0.717, 1.165) is 17.8 Å². The van der Waals surface area contributed by atoms with Crippen LogP contribution in [0.2, 0.25) is 0 Å². The Morgan fingerprint density at radius 2 is 1.33 bits per heavy atom. The van der Waals surface area contributed by atoms with Gasteiger partial charge in [-0.05, 0) is 33.2 Å². The van der Waals surface area contributed by atoms with Gasteiger partial charge in [0.25, 0.3) is 0 Å². The molecule has 0 aliphatic carbocycles. The largest absolute Gasteiger partial charge is 0.491 e. The second-order valence-electron chi connectivity index (χ2n) is 7.07. The Hall–Kier alpha value is -1.39. The van der Waals surface area contributed by atoms with Gasteiger partial charge in [0.2, 0.25) is 5.82 Å². The number of rotatable bonds is 4. The fourth-order valence-corrected chi connectivity index (χ4v) is 2.88. The minimum absolute atomic E-state index is 0.0667. The topological polar surface area (TPSA) is 35.5 Å². The molecule has 0 aromatic heterocycles. The highest BCUT2D eigenvalue weighted by molar-refractivity contribution is 8.13. The SMILES string of the molecule is CC(=O)SCC(=Cc1c(F)c(F)c(F)c(F)c1F)B1OC(C)(C)C(C)(C)O1. The van der Waals surface area contributed by atoms with E-state index in [4.69, 9.17) is 9.31 Å². The Labute approximate surface area is 158 Å². The van der Waals surface area contributed by atoms with Crippen molar-refractivity contribution in [3.8, 4) is 0 Å². The number of hydrogen-bond acceptors (Lipinski definition) is 4. The van der Waals surface area contributed by atoms with Crippen molar-refractivity contribution >= 4 is 30.1 Å². The minimum atomic E-state index is -2.24. The lowest BCUT2D eigenvalue weighted by molar-refractivity contribution is -0.109. The molecule has 1 saturated heterocycles. The van der Waals surface area contributed by atoms with Crippen molar-refractivity contribution < 1.29 is 36.1 Å². The summed E-state index contributed by atoms with van der Waals surface area (Å²) in [6.07, 6.45) is 0.786. The van der Waals surface area contributed by atoms with Gasteiger partial charge < -0.3 is 9.31 Å². The molecule has 0 saturated carbocycles. The van der Waals surface area contributed by atoms with Gasteiger partial charge in [-0.2, -0.15) is 0 Å². The van der Waals surface area contributed by atoms with Crippen LogP contribution in [0.15, 0.2) is 5.47 Å². The Morgan fingerprint density at radius 3 is 1.74 bits per heavy atom. The second kappa shape index (κ2) is 7.56. The van der Waals surface area contributed by atoms with Crippen molar-refractivity contribution in [3.63, 3.8) is 0 Å². The molecule has 0 amide bonds. The van der Waals surface area contributed by atoms with Crippen LogP contribution in [0.3, 0.4) is 0 Å². The molecule has 1 aromatic rings. The van der Waals surface area contributed by atoms with E-state index in [1.807, 2.05) is 0 Å². The number of carbonyl (C=O) groups is 1. The van der Waals surface area contributed by atoms with Gasteiger partial charge in [-0.3, -0.25) is 4.79 Å². The summed E-state index contributed by atoms with van der Waals surface area (Å²) in [6, 6.07) is 0. The van der Waals surface area contributed by atoms with E-state index in [-0.39, 0.29) is 16.3 Å². The van der Waals surface area contributed by atoms with Gasteiger partial charge >= 0.3 is 7.12 Å². The van der Waals surface area contributed by atoms with Crippen LogP contribution < -0.4 is 0 Å². The highest BCUT2D eigenvalue weighted by atomic mass is 32.2. The van der Waals surface area contributed by atoms with Gasteiger partial charge in [-0.25, -0.2) is 22.0 Å². The van der Waals surface area contributed by atoms with Crippen molar-refractivity contribution in [3.05, 3.63) is 40.1 Å². The first-order valence-corrected chi connectivity index (χ1v) is 8.98. The molecule has 0 radical (unpaired) electrons. The van der Waals surface area contributed by atoms with E-state index < -0.39 is 53.0 Å². The summed E-state index contributed by atoms with van der Waals surface area (Å²) in [6.45, 7) is 8.23. The van der Waals surface area contributed by atoms with E-state index in [1.54, 1.807) is 27.7 Å². The lowest BCUT2D eigenvalue weighted by atomic mass is 9.78. The van der Waals surface area contributed by atoms with E-state index >= 15 is 0 Å². The molecule has 1 heterocycles. The molecule has 1 aliphatic heterocycles. The van der Waals surface area contributed by atoms with Gasteiger partial charge in [0.15, 0.2) is 28.4 Å². The smallest absolute Gasteiger partial charge is 0.400 e. The third-order valence-electron chi connectivity index (χ3n) is 4.57. The summed E-state index contributed by atoms with van der Waals surface area (Å²) in [7, 11) is -1.11. The molecule has 0 atom stereocenters. The number of benzene rings is 1. The summed E-state index contributed by atoms with van der Waals surface area (Å²) in [5.74, 6) is -10.4. The van der Waals surface area contributed by atoms with Gasteiger partial charge in [0.1, 0.15) is 0 Å². The Kier molecular flexibility index (Phi) is 6.13. The Bertz CT molecular complexity index is 765. The molecule has 0 spiro atoms. The summed E-state index contributed by atoms with van der Waals surface area (Å²) < 4.78 is 79.8. The highest BCUT2D eigenvalue weighted by Crippen LogP contribution is 2.39. The number of hydrogen-bond donors (Lipinski definition) is 0. The van der Waals surface area contributed by atoms with Crippen LogP contribution in [0.25, 0.3) is 6.08 Å². The van der Waals surface area contributed by atoms with E-state index in [9.17, 15) is 26.7 Å².